The molecule has 1 aromatic heterocycles. The minimum Gasteiger partial charge on any atom is -0.448 e. The molecule has 35 heavy (non-hydrogen) atoms. The maximum absolute atomic E-state index is 13.4. The van der Waals surface area contributed by atoms with E-state index in [-0.39, 0.29) is 11.3 Å². The van der Waals surface area contributed by atoms with Gasteiger partial charge in [0.2, 0.25) is 0 Å². The maximum atomic E-state index is 13.4. The lowest BCUT2D eigenvalue weighted by Gasteiger charge is -2.19. The van der Waals surface area contributed by atoms with Crippen LogP contribution >= 0.6 is 0 Å². The molecule has 6 nitrogen and oxygen atoms in total. The van der Waals surface area contributed by atoms with Crippen LogP contribution in [0, 0.1) is 0 Å². The second-order valence-corrected chi connectivity index (χ2v) is 8.81. The first-order valence-electron chi connectivity index (χ1n) is 11.6. The monoisotopic (exact) mass is 468 g/mol. The Bertz CT molecular complexity index is 1440. The van der Waals surface area contributed by atoms with Crippen molar-refractivity contribution in [3.63, 3.8) is 0 Å². The molecule has 0 radical (unpaired) electrons. The minimum absolute atomic E-state index is 0.0980. The summed E-state index contributed by atoms with van der Waals surface area (Å²) in [7, 11) is 1.54. The maximum Gasteiger partial charge on any atom is 0.356 e. The SMILES string of the molecule is CC(OC(=O)c1c(-c2ccccc2)c2ccccc2c(=O)n1C)C(=O)Nc1ccc(C(C)C)cc1. The number of fused-ring (bicyclic) bond motifs is 1. The zero-order valence-electron chi connectivity index (χ0n) is 20.2. The number of carbonyl (C=O) groups excluding carboxylic acids is 2. The van der Waals surface area contributed by atoms with E-state index in [1.807, 2.05) is 66.7 Å². The van der Waals surface area contributed by atoms with Crippen LogP contribution in [0.5, 0.6) is 0 Å². The van der Waals surface area contributed by atoms with E-state index < -0.39 is 18.0 Å². The van der Waals surface area contributed by atoms with Crippen molar-refractivity contribution in [1.29, 1.82) is 0 Å². The summed E-state index contributed by atoms with van der Waals surface area (Å²) in [5, 5.41) is 3.93. The van der Waals surface area contributed by atoms with Crippen LogP contribution in [0.15, 0.2) is 83.7 Å². The van der Waals surface area contributed by atoms with Gasteiger partial charge in [0.15, 0.2) is 6.10 Å². The van der Waals surface area contributed by atoms with Gasteiger partial charge < -0.3 is 14.6 Å². The van der Waals surface area contributed by atoms with Crippen molar-refractivity contribution in [3.8, 4) is 11.1 Å². The van der Waals surface area contributed by atoms with Crippen LogP contribution in [0.4, 0.5) is 5.69 Å². The molecule has 0 saturated heterocycles. The van der Waals surface area contributed by atoms with E-state index in [1.165, 1.54) is 11.5 Å². The van der Waals surface area contributed by atoms with Crippen LogP contribution in [0.2, 0.25) is 0 Å². The molecule has 1 heterocycles. The van der Waals surface area contributed by atoms with E-state index in [0.717, 1.165) is 11.1 Å². The summed E-state index contributed by atoms with van der Waals surface area (Å²) in [6.07, 6.45) is -1.07. The van der Waals surface area contributed by atoms with Crippen LogP contribution < -0.4 is 10.9 Å². The van der Waals surface area contributed by atoms with Gasteiger partial charge in [-0.2, -0.15) is 0 Å². The van der Waals surface area contributed by atoms with Gasteiger partial charge in [0.1, 0.15) is 5.69 Å². The molecule has 0 aliphatic heterocycles. The fraction of sp³-hybridized carbons (Fsp3) is 0.207. The predicted octanol–water partition coefficient (Wildman–Crippen LogP) is 5.51. The molecule has 1 unspecified atom stereocenters. The Kier molecular flexibility index (Phi) is 6.82. The number of aromatic nitrogens is 1. The summed E-state index contributed by atoms with van der Waals surface area (Å²) >= 11 is 0. The molecule has 0 aliphatic carbocycles. The van der Waals surface area contributed by atoms with Gasteiger partial charge in [-0.05, 0) is 47.6 Å². The third kappa shape index (κ3) is 4.87. The number of carbonyl (C=O) groups is 2. The fourth-order valence-electron chi connectivity index (χ4n) is 4.07. The first-order valence-corrected chi connectivity index (χ1v) is 11.6. The average molecular weight is 469 g/mol. The van der Waals surface area contributed by atoms with Crippen molar-refractivity contribution in [3.05, 3.63) is 100 Å². The van der Waals surface area contributed by atoms with Gasteiger partial charge in [-0.3, -0.25) is 9.59 Å². The number of nitrogens with zero attached hydrogens (tertiary/aromatic N) is 1. The highest BCUT2D eigenvalue weighted by Gasteiger charge is 2.26. The van der Waals surface area contributed by atoms with Gasteiger partial charge in [-0.25, -0.2) is 4.79 Å². The van der Waals surface area contributed by atoms with Gasteiger partial charge in [0, 0.05) is 23.7 Å². The van der Waals surface area contributed by atoms with Crippen molar-refractivity contribution >= 4 is 28.3 Å². The largest absolute Gasteiger partial charge is 0.448 e. The molecular weight excluding hydrogens is 440 g/mol. The summed E-state index contributed by atoms with van der Waals surface area (Å²) in [5.74, 6) is -0.818. The number of rotatable bonds is 6. The Morgan fingerprint density at radius 3 is 2.06 bits per heavy atom. The van der Waals surface area contributed by atoms with Gasteiger partial charge in [0.05, 0.1) is 0 Å². The number of esters is 1. The lowest BCUT2D eigenvalue weighted by Crippen LogP contribution is -2.32. The van der Waals surface area contributed by atoms with Crippen LogP contribution in [-0.2, 0) is 16.6 Å². The Balaban J connectivity index is 1.66. The number of amides is 1. The molecule has 4 rings (SSSR count). The van der Waals surface area contributed by atoms with Crippen LogP contribution in [0.3, 0.4) is 0 Å². The first kappa shape index (κ1) is 24.0. The molecule has 0 bridgehead atoms. The molecule has 1 N–H and O–H groups in total. The van der Waals surface area contributed by atoms with E-state index >= 15 is 0 Å². The molecule has 0 saturated carbocycles. The highest BCUT2D eigenvalue weighted by Crippen LogP contribution is 2.31. The fourth-order valence-corrected chi connectivity index (χ4v) is 4.07. The van der Waals surface area contributed by atoms with Crippen LogP contribution in [0.25, 0.3) is 21.9 Å². The highest BCUT2D eigenvalue weighted by molar-refractivity contribution is 6.07. The lowest BCUT2D eigenvalue weighted by atomic mass is 9.97. The van der Waals surface area contributed by atoms with E-state index in [2.05, 4.69) is 19.2 Å². The predicted molar refractivity (Wildman–Crippen MR) is 139 cm³/mol. The van der Waals surface area contributed by atoms with Crippen molar-refractivity contribution in [1.82, 2.24) is 4.57 Å². The Hall–Kier alpha value is -4.19. The average Bonchev–Trinajstić information content (AvgIpc) is 2.86. The minimum atomic E-state index is -1.07. The lowest BCUT2D eigenvalue weighted by molar-refractivity contribution is -0.123. The normalized spacial score (nSPS) is 11.9. The number of hydrogen-bond acceptors (Lipinski definition) is 4. The zero-order chi connectivity index (χ0) is 25.1. The van der Waals surface area contributed by atoms with Gasteiger partial charge in [0.25, 0.3) is 11.5 Å². The highest BCUT2D eigenvalue weighted by atomic mass is 16.5. The molecule has 1 amide bonds. The van der Waals surface area contributed by atoms with Crippen molar-refractivity contribution in [2.45, 2.75) is 32.8 Å². The van der Waals surface area contributed by atoms with Gasteiger partial charge in [-0.1, -0.05) is 74.5 Å². The topological polar surface area (TPSA) is 77.4 Å². The number of pyridine rings is 1. The number of anilines is 1. The molecular formula is C29H28N2O4. The molecule has 3 aromatic carbocycles. The first-order chi connectivity index (χ1) is 16.8. The third-order valence-electron chi connectivity index (χ3n) is 6.06. The second kappa shape index (κ2) is 9.97. The molecule has 4 aromatic rings. The summed E-state index contributed by atoms with van der Waals surface area (Å²) in [6.45, 7) is 5.70. The van der Waals surface area contributed by atoms with Gasteiger partial charge in [-0.15, -0.1) is 0 Å². The summed E-state index contributed by atoms with van der Waals surface area (Å²) in [6, 6.07) is 24.1. The van der Waals surface area contributed by atoms with Crippen molar-refractivity contribution in [2.75, 3.05) is 5.32 Å². The Labute approximate surface area is 204 Å². The standard InChI is InChI=1S/C29H28N2O4/c1-18(2)20-14-16-22(17-15-20)30-27(32)19(3)35-29(34)26-25(21-10-6-5-7-11-21)23-12-8-9-13-24(23)28(33)31(26)4/h5-19H,1-4H3,(H,30,32). The smallest absolute Gasteiger partial charge is 0.356 e. The summed E-state index contributed by atoms with van der Waals surface area (Å²) in [4.78, 5) is 39.2. The van der Waals surface area contributed by atoms with E-state index in [1.54, 1.807) is 19.2 Å². The number of nitrogens with one attached hydrogen (secondary N) is 1. The summed E-state index contributed by atoms with van der Waals surface area (Å²) < 4.78 is 6.86. The molecule has 6 heteroatoms. The second-order valence-electron chi connectivity index (χ2n) is 8.81. The zero-order valence-corrected chi connectivity index (χ0v) is 20.2. The van der Waals surface area contributed by atoms with E-state index in [9.17, 15) is 14.4 Å². The number of benzene rings is 3. The quantitative estimate of drug-likeness (QED) is 0.379. The molecule has 0 fully saturated rings. The summed E-state index contributed by atoms with van der Waals surface area (Å²) in [5.41, 5.74) is 2.92. The van der Waals surface area contributed by atoms with E-state index in [0.29, 0.717) is 27.9 Å². The third-order valence-corrected chi connectivity index (χ3v) is 6.06. The van der Waals surface area contributed by atoms with Crippen molar-refractivity contribution < 1.29 is 14.3 Å². The van der Waals surface area contributed by atoms with Gasteiger partial charge >= 0.3 is 5.97 Å². The van der Waals surface area contributed by atoms with Crippen molar-refractivity contribution in [2.24, 2.45) is 7.05 Å². The Morgan fingerprint density at radius 1 is 0.829 bits per heavy atom. The Morgan fingerprint density at radius 2 is 1.43 bits per heavy atom. The molecule has 0 aliphatic rings. The van der Waals surface area contributed by atoms with E-state index in [4.69, 9.17) is 4.74 Å². The van der Waals surface area contributed by atoms with Crippen LogP contribution in [-0.4, -0.2) is 22.5 Å². The molecule has 0 spiro atoms. The molecule has 1 atom stereocenters. The van der Waals surface area contributed by atoms with Crippen LogP contribution in [0.1, 0.15) is 42.7 Å². The molecule has 178 valence electrons. The number of hydrogen-bond donors (Lipinski definition) is 1. The number of ether oxygens (including phenoxy) is 1.